The van der Waals surface area contributed by atoms with Gasteiger partial charge in [-0.15, -0.1) is 0 Å². The van der Waals surface area contributed by atoms with Crippen LogP contribution in [-0.4, -0.2) is 45.1 Å². The lowest BCUT2D eigenvalue weighted by molar-refractivity contribution is -0.0680. The van der Waals surface area contributed by atoms with Gasteiger partial charge in [0.1, 0.15) is 17.4 Å². The molecule has 0 radical (unpaired) electrons. The molecule has 1 aromatic heterocycles. The topological polar surface area (TPSA) is 74.8 Å². The molecule has 1 aliphatic heterocycles. The van der Waals surface area contributed by atoms with Gasteiger partial charge in [-0.25, -0.2) is 4.79 Å². The number of ether oxygens (including phenoxy) is 2. The average Bonchev–Trinajstić information content (AvgIpc) is 3.05. The maximum atomic E-state index is 12.7. The van der Waals surface area contributed by atoms with E-state index in [1.807, 2.05) is 51.1 Å². The zero-order valence-electron chi connectivity index (χ0n) is 15.4. The van der Waals surface area contributed by atoms with E-state index in [1.165, 1.54) is 4.90 Å². The lowest BCUT2D eigenvalue weighted by Crippen LogP contribution is -2.51. The molecule has 6 nitrogen and oxygen atoms in total. The van der Waals surface area contributed by atoms with E-state index in [0.29, 0.717) is 5.69 Å². The van der Waals surface area contributed by atoms with Crippen LogP contribution in [-0.2, 0) is 9.47 Å². The molecule has 25 heavy (non-hydrogen) atoms. The van der Waals surface area contributed by atoms with Crippen molar-refractivity contribution in [2.24, 2.45) is 0 Å². The third-order valence-corrected chi connectivity index (χ3v) is 4.34. The highest BCUT2D eigenvalue weighted by Crippen LogP contribution is 2.36. The molecule has 1 fully saturated rings. The first kappa shape index (κ1) is 17.8. The van der Waals surface area contributed by atoms with E-state index in [-0.39, 0.29) is 6.61 Å². The minimum absolute atomic E-state index is 0.239. The fourth-order valence-corrected chi connectivity index (χ4v) is 3.19. The molecule has 0 spiro atoms. The predicted octanol–water partition coefficient (Wildman–Crippen LogP) is 3.57. The number of aliphatic hydroxyl groups excluding tert-OH is 1. The first-order valence-electron chi connectivity index (χ1n) is 8.50. The Labute approximate surface area is 147 Å². The zero-order chi connectivity index (χ0) is 18.4. The number of carbonyl (C=O) groups excluding carboxylic acids is 1. The molecule has 1 amide bonds. The quantitative estimate of drug-likeness (QED) is 0.872. The minimum Gasteiger partial charge on any atom is -0.444 e. The number of nitrogens with one attached hydrogen (secondary N) is 1. The van der Waals surface area contributed by atoms with E-state index in [1.54, 1.807) is 13.8 Å². The summed E-state index contributed by atoms with van der Waals surface area (Å²) in [5.41, 5.74) is 0.131. The fourth-order valence-electron chi connectivity index (χ4n) is 3.19. The van der Waals surface area contributed by atoms with Crippen LogP contribution in [0.2, 0.25) is 0 Å². The van der Waals surface area contributed by atoms with E-state index < -0.39 is 29.6 Å². The third kappa shape index (κ3) is 3.50. The Balaban J connectivity index is 1.89. The summed E-state index contributed by atoms with van der Waals surface area (Å²) in [5, 5.41) is 11.9. The van der Waals surface area contributed by atoms with Crippen LogP contribution in [0.4, 0.5) is 4.79 Å². The van der Waals surface area contributed by atoms with Gasteiger partial charge in [0.05, 0.1) is 12.6 Å². The molecule has 1 saturated heterocycles. The van der Waals surface area contributed by atoms with Gasteiger partial charge in [0, 0.05) is 11.2 Å². The van der Waals surface area contributed by atoms with Crippen molar-refractivity contribution in [3.05, 3.63) is 36.0 Å². The summed E-state index contributed by atoms with van der Waals surface area (Å²) in [5.74, 6) is 0. The molecule has 0 bridgehead atoms. The van der Waals surface area contributed by atoms with Gasteiger partial charge in [0.25, 0.3) is 0 Å². The van der Waals surface area contributed by atoms with Crippen molar-refractivity contribution in [3.8, 4) is 0 Å². The van der Waals surface area contributed by atoms with Crippen LogP contribution in [0.5, 0.6) is 0 Å². The molecule has 0 unspecified atom stereocenters. The van der Waals surface area contributed by atoms with E-state index in [2.05, 4.69) is 4.98 Å². The molecule has 2 aromatic rings. The Bertz CT molecular complexity index is 742. The van der Waals surface area contributed by atoms with Crippen LogP contribution in [0.3, 0.4) is 0 Å². The Hall–Kier alpha value is -2.05. The number of fused-ring (bicyclic) bond motifs is 1. The standard InChI is InChI=1S/C19H26N2O4/c1-18(2,3)25-17(23)21-15(11-24-19(21,4)5)16(22)14-10-12-8-6-7-9-13(12)20-14/h6-10,15-16,20,22H,11H2,1-5H3/t15-,16+/m0/s1. The second kappa shape index (κ2) is 6.04. The van der Waals surface area contributed by atoms with Crippen LogP contribution in [0.15, 0.2) is 30.3 Å². The van der Waals surface area contributed by atoms with Gasteiger partial charge in [-0.1, -0.05) is 18.2 Å². The van der Waals surface area contributed by atoms with Crippen LogP contribution in [0, 0.1) is 0 Å². The van der Waals surface area contributed by atoms with Gasteiger partial charge in [-0.2, -0.15) is 0 Å². The fraction of sp³-hybridized carbons (Fsp3) is 0.526. The molecule has 136 valence electrons. The molecule has 1 aliphatic rings. The number of nitrogens with zero attached hydrogens (tertiary/aromatic N) is 1. The van der Waals surface area contributed by atoms with Crippen molar-refractivity contribution >= 4 is 17.0 Å². The summed E-state index contributed by atoms with van der Waals surface area (Å²) in [6.45, 7) is 9.29. The van der Waals surface area contributed by atoms with Crippen LogP contribution < -0.4 is 0 Å². The van der Waals surface area contributed by atoms with Gasteiger partial charge in [-0.3, -0.25) is 4.90 Å². The number of H-pyrrole nitrogens is 1. The number of benzene rings is 1. The second-order valence-electron chi connectivity index (χ2n) is 7.93. The lowest BCUT2D eigenvalue weighted by atomic mass is 10.1. The highest BCUT2D eigenvalue weighted by atomic mass is 16.6. The number of hydrogen-bond donors (Lipinski definition) is 2. The number of aromatic amines is 1. The summed E-state index contributed by atoms with van der Waals surface area (Å²) in [6.07, 6.45) is -1.39. The second-order valence-corrected chi connectivity index (χ2v) is 7.93. The van der Waals surface area contributed by atoms with Crippen LogP contribution in [0.25, 0.3) is 10.9 Å². The maximum absolute atomic E-state index is 12.7. The number of aromatic nitrogens is 1. The van der Waals surface area contributed by atoms with Crippen LogP contribution >= 0.6 is 0 Å². The minimum atomic E-state index is -0.901. The van der Waals surface area contributed by atoms with Gasteiger partial charge in [0.15, 0.2) is 0 Å². The molecular formula is C19H26N2O4. The molecule has 0 aliphatic carbocycles. The number of carbonyl (C=O) groups is 1. The number of aliphatic hydroxyl groups is 1. The van der Waals surface area contributed by atoms with Gasteiger partial charge in [-0.05, 0) is 52.1 Å². The average molecular weight is 346 g/mol. The molecule has 3 rings (SSSR count). The summed E-state index contributed by atoms with van der Waals surface area (Å²) in [4.78, 5) is 17.4. The summed E-state index contributed by atoms with van der Waals surface area (Å²) in [6, 6.07) is 9.18. The first-order valence-corrected chi connectivity index (χ1v) is 8.50. The van der Waals surface area contributed by atoms with Crippen molar-refractivity contribution in [1.82, 2.24) is 9.88 Å². The van der Waals surface area contributed by atoms with E-state index in [9.17, 15) is 9.90 Å². The Morgan fingerprint density at radius 3 is 2.72 bits per heavy atom. The van der Waals surface area contributed by atoms with E-state index in [0.717, 1.165) is 10.9 Å². The molecule has 6 heteroatoms. The zero-order valence-corrected chi connectivity index (χ0v) is 15.4. The van der Waals surface area contributed by atoms with Crippen molar-refractivity contribution in [1.29, 1.82) is 0 Å². The van der Waals surface area contributed by atoms with E-state index in [4.69, 9.17) is 9.47 Å². The summed E-state index contributed by atoms with van der Waals surface area (Å²) in [7, 11) is 0. The summed E-state index contributed by atoms with van der Waals surface area (Å²) >= 11 is 0. The van der Waals surface area contributed by atoms with Gasteiger partial charge < -0.3 is 19.6 Å². The number of hydrogen-bond acceptors (Lipinski definition) is 4. The molecule has 2 N–H and O–H groups in total. The van der Waals surface area contributed by atoms with Crippen molar-refractivity contribution in [2.45, 2.75) is 58.1 Å². The van der Waals surface area contributed by atoms with E-state index >= 15 is 0 Å². The normalized spacial score (nSPS) is 21.5. The Morgan fingerprint density at radius 2 is 2.08 bits per heavy atom. The predicted molar refractivity (Wildman–Crippen MR) is 95.2 cm³/mol. The number of para-hydroxylation sites is 1. The first-order chi connectivity index (χ1) is 11.6. The molecule has 1 aromatic carbocycles. The van der Waals surface area contributed by atoms with Crippen LogP contribution in [0.1, 0.15) is 46.4 Å². The van der Waals surface area contributed by atoms with Gasteiger partial charge >= 0.3 is 6.09 Å². The number of rotatable bonds is 2. The summed E-state index contributed by atoms with van der Waals surface area (Å²) < 4.78 is 11.3. The highest BCUT2D eigenvalue weighted by Gasteiger charge is 2.48. The molecule has 2 atom stereocenters. The molecular weight excluding hydrogens is 320 g/mol. The smallest absolute Gasteiger partial charge is 0.413 e. The third-order valence-electron chi connectivity index (χ3n) is 4.34. The Kier molecular flexibility index (Phi) is 4.29. The maximum Gasteiger partial charge on any atom is 0.413 e. The van der Waals surface area contributed by atoms with Crippen molar-refractivity contribution < 1.29 is 19.4 Å². The SMILES string of the molecule is CC(C)(C)OC(=O)N1[C@H]([C@H](O)c2cc3ccccc3[nH]2)COC1(C)C. The van der Waals surface area contributed by atoms with Crippen molar-refractivity contribution in [2.75, 3.05) is 6.61 Å². The monoisotopic (exact) mass is 346 g/mol. The molecule has 2 heterocycles. The highest BCUT2D eigenvalue weighted by molar-refractivity contribution is 5.80. The lowest BCUT2D eigenvalue weighted by Gasteiger charge is -2.36. The largest absolute Gasteiger partial charge is 0.444 e. The van der Waals surface area contributed by atoms with Crippen molar-refractivity contribution in [3.63, 3.8) is 0 Å². The Morgan fingerprint density at radius 1 is 1.40 bits per heavy atom. The molecule has 0 saturated carbocycles. The van der Waals surface area contributed by atoms with Gasteiger partial charge in [0.2, 0.25) is 0 Å². The number of amides is 1.